The fourth-order valence-corrected chi connectivity index (χ4v) is 3.15. The van der Waals surface area contributed by atoms with E-state index in [2.05, 4.69) is 0 Å². The van der Waals surface area contributed by atoms with Gasteiger partial charge < -0.3 is 10.0 Å². The zero-order valence-electron chi connectivity index (χ0n) is 10.0. The van der Waals surface area contributed by atoms with Gasteiger partial charge in [-0.2, -0.15) is 0 Å². The fourth-order valence-electron chi connectivity index (χ4n) is 3.15. The maximum Gasteiger partial charge on any atom is 0.257 e. The molecule has 0 radical (unpaired) electrons. The van der Waals surface area contributed by atoms with Crippen LogP contribution >= 0.6 is 0 Å². The number of aromatic hydroxyl groups is 1. The number of carbonyl (C=O) groups is 1. The number of hydrogen-bond donors (Lipinski definition) is 1. The lowest BCUT2D eigenvalue weighted by Gasteiger charge is -2.27. The molecule has 3 heteroatoms. The summed E-state index contributed by atoms with van der Waals surface area (Å²) < 4.78 is 0. The Balaban J connectivity index is 1.89. The van der Waals surface area contributed by atoms with E-state index in [1.807, 2.05) is 17.9 Å². The first kappa shape index (κ1) is 10.6. The average molecular weight is 231 g/mol. The highest BCUT2D eigenvalue weighted by Gasteiger charge is 2.40. The molecule has 2 aliphatic rings. The third-order valence-electron chi connectivity index (χ3n) is 4.05. The number of piperidine rings is 1. The molecule has 1 aromatic carbocycles. The number of nitrogens with zero attached hydrogens (tertiary/aromatic N) is 1. The summed E-state index contributed by atoms with van der Waals surface area (Å²) in [6.45, 7) is 2.81. The molecule has 1 aliphatic heterocycles. The molecule has 3 nitrogen and oxygen atoms in total. The number of phenolic OH excluding ortho intramolecular Hbond substituents is 1. The SMILES string of the molecule is Cc1ccc(O)c(C(=O)N2CC3CCC2C3)c1. The predicted molar refractivity (Wildman–Crippen MR) is 65.0 cm³/mol. The minimum atomic E-state index is -0.00148. The molecule has 1 heterocycles. The largest absolute Gasteiger partial charge is 0.507 e. The summed E-state index contributed by atoms with van der Waals surface area (Å²) >= 11 is 0. The Morgan fingerprint density at radius 1 is 1.41 bits per heavy atom. The van der Waals surface area contributed by atoms with Crippen molar-refractivity contribution in [3.63, 3.8) is 0 Å². The molecule has 3 rings (SSSR count). The molecule has 1 saturated carbocycles. The van der Waals surface area contributed by atoms with E-state index in [0.29, 0.717) is 17.5 Å². The Labute approximate surface area is 101 Å². The number of hydrogen-bond acceptors (Lipinski definition) is 2. The molecule has 0 spiro atoms. The van der Waals surface area contributed by atoms with E-state index < -0.39 is 0 Å². The predicted octanol–water partition coefficient (Wildman–Crippen LogP) is 2.33. The molecular weight excluding hydrogens is 214 g/mol. The second-order valence-corrected chi connectivity index (χ2v) is 5.31. The normalized spacial score (nSPS) is 26.5. The Hall–Kier alpha value is -1.51. The van der Waals surface area contributed by atoms with E-state index in [1.54, 1.807) is 12.1 Å². The number of likely N-dealkylation sites (tertiary alicyclic amines) is 1. The van der Waals surface area contributed by atoms with Crippen molar-refractivity contribution < 1.29 is 9.90 Å². The van der Waals surface area contributed by atoms with Gasteiger partial charge in [-0.3, -0.25) is 4.79 Å². The molecule has 17 heavy (non-hydrogen) atoms. The molecule has 1 N–H and O–H groups in total. The molecule has 1 saturated heterocycles. The highest BCUT2D eigenvalue weighted by atomic mass is 16.3. The number of aryl methyl sites for hydroxylation is 1. The van der Waals surface area contributed by atoms with Gasteiger partial charge in [0.1, 0.15) is 5.75 Å². The second-order valence-electron chi connectivity index (χ2n) is 5.31. The van der Waals surface area contributed by atoms with Gasteiger partial charge in [0.15, 0.2) is 0 Å². The summed E-state index contributed by atoms with van der Waals surface area (Å²) in [6, 6.07) is 5.62. The standard InChI is InChI=1S/C14H17NO2/c1-9-2-5-13(16)12(6-9)14(17)15-8-10-3-4-11(15)7-10/h2,5-6,10-11,16H,3-4,7-8H2,1H3. The van der Waals surface area contributed by atoms with E-state index in [-0.39, 0.29) is 11.7 Å². The summed E-state index contributed by atoms with van der Waals surface area (Å²) in [4.78, 5) is 14.3. The molecule has 1 amide bonds. The Bertz CT molecular complexity index is 469. The lowest BCUT2D eigenvalue weighted by Crippen LogP contribution is -2.37. The Kier molecular flexibility index (Phi) is 2.35. The summed E-state index contributed by atoms with van der Waals surface area (Å²) in [5.74, 6) is 0.790. The van der Waals surface area contributed by atoms with Crippen LogP contribution in [0, 0.1) is 12.8 Å². The van der Waals surface area contributed by atoms with Crippen LogP contribution in [0.25, 0.3) is 0 Å². The van der Waals surface area contributed by atoms with Crippen LogP contribution in [0.1, 0.15) is 35.2 Å². The molecule has 1 aromatic rings. The first-order valence-corrected chi connectivity index (χ1v) is 6.26. The van der Waals surface area contributed by atoms with E-state index in [1.165, 1.54) is 6.42 Å². The van der Waals surface area contributed by atoms with E-state index in [4.69, 9.17) is 0 Å². The van der Waals surface area contributed by atoms with Gasteiger partial charge in [-0.15, -0.1) is 0 Å². The van der Waals surface area contributed by atoms with E-state index in [0.717, 1.165) is 24.9 Å². The van der Waals surface area contributed by atoms with Gasteiger partial charge in [0.2, 0.25) is 0 Å². The van der Waals surface area contributed by atoms with Crippen LogP contribution in [0.3, 0.4) is 0 Å². The third kappa shape index (κ3) is 1.70. The minimum absolute atomic E-state index is 0.00148. The number of carbonyl (C=O) groups excluding carboxylic acids is 1. The van der Waals surface area contributed by atoms with Gasteiger partial charge >= 0.3 is 0 Å². The molecule has 2 atom stereocenters. The van der Waals surface area contributed by atoms with Crippen molar-refractivity contribution in [1.82, 2.24) is 4.90 Å². The van der Waals surface area contributed by atoms with Gasteiger partial charge in [-0.25, -0.2) is 0 Å². The van der Waals surface area contributed by atoms with Gasteiger partial charge in [-0.1, -0.05) is 11.6 Å². The van der Waals surface area contributed by atoms with Crippen LogP contribution in [-0.2, 0) is 0 Å². The van der Waals surface area contributed by atoms with Crippen molar-refractivity contribution in [2.45, 2.75) is 32.2 Å². The summed E-state index contributed by atoms with van der Waals surface area (Å²) in [7, 11) is 0. The Morgan fingerprint density at radius 3 is 2.88 bits per heavy atom. The van der Waals surface area contributed by atoms with Crippen LogP contribution in [0.15, 0.2) is 18.2 Å². The van der Waals surface area contributed by atoms with Gasteiger partial charge in [-0.05, 0) is 44.2 Å². The first-order chi connectivity index (χ1) is 8.15. The van der Waals surface area contributed by atoms with E-state index in [9.17, 15) is 9.90 Å². The van der Waals surface area contributed by atoms with Crippen LogP contribution in [-0.4, -0.2) is 28.5 Å². The topological polar surface area (TPSA) is 40.5 Å². The molecule has 90 valence electrons. The van der Waals surface area contributed by atoms with Crippen molar-refractivity contribution >= 4 is 5.91 Å². The van der Waals surface area contributed by atoms with Gasteiger partial charge in [0.25, 0.3) is 5.91 Å². The lowest BCUT2D eigenvalue weighted by atomic mass is 10.1. The first-order valence-electron chi connectivity index (χ1n) is 6.26. The zero-order valence-corrected chi connectivity index (χ0v) is 10.0. The number of amides is 1. The Morgan fingerprint density at radius 2 is 2.24 bits per heavy atom. The average Bonchev–Trinajstić information content (AvgIpc) is 2.93. The van der Waals surface area contributed by atoms with Crippen LogP contribution in [0.4, 0.5) is 0 Å². The van der Waals surface area contributed by atoms with Crippen LogP contribution in [0.2, 0.25) is 0 Å². The molecular formula is C14H17NO2. The molecule has 2 bridgehead atoms. The maximum atomic E-state index is 12.4. The van der Waals surface area contributed by atoms with Crippen molar-refractivity contribution in [2.75, 3.05) is 6.54 Å². The van der Waals surface area contributed by atoms with Gasteiger partial charge in [0.05, 0.1) is 5.56 Å². The number of fused-ring (bicyclic) bond motifs is 2. The molecule has 1 aliphatic carbocycles. The number of benzene rings is 1. The zero-order chi connectivity index (χ0) is 12.0. The van der Waals surface area contributed by atoms with Crippen molar-refractivity contribution in [3.8, 4) is 5.75 Å². The van der Waals surface area contributed by atoms with Crippen molar-refractivity contribution in [1.29, 1.82) is 0 Å². The molecule has 0 aromatic heterocycles. The highest BCUT2D eigenvalue weighted by molar-refractivity contribution is 5.97. The number of rotatable bonds is 1. The summed E-state index contributed by atoms with van der Waals surface area (Å²) in [5.41, 5.74) is 1.47. The van der Waals surface area contributed by atoms with E-state index >= 15 is 0 Å². The fraction of sp³-hybridized carbons (Fsp3) is 0.500. The van der Waals surface area contributed by atoms with Crippen molar-refractivity contribution in [3.05, 3.63) is 29.3 Å². The summed E-state index contributed by atoms with van der Waals surface area (Å²) in [6.07, 6.45) is 3.54. The second kappa shape index (κ2) is 3.76. The highest BCUT2D eigenvalue weighted by Crippen LogP contribution is 2.38. The quantitative estimate of drug-likeness (QED) is 0.805. The lowest BCUT2D eigenvalue weighted by molar-refractivity contribution is 0.0700. The minimum Gasteiger partial charge on any atom is -0.507 e. The number of phenols is 1. The summed E-state index contributed by atoms with van der Waals surface area (Å²) in [5, 5.41) is 9.79. The van der Waals surface area contributed by atoms with Gasteiger partial charge in [0, 0.05) is 12.6 Å². The molecule has 2 fully saturated rings. The van der Waals surface area contributed by atoms with Crippen molar-refractivity contribution in [2.24, 2.45) is 5.92 Å². The molecule has 2 unspecified atom stereocenters. The smallest absolute Gasteiger partial charge is 0.257 e. The van der Waals surface area contributed by atoms with Crippen LogP contribution in [0.5, 0.6) is 5.75 Å². The van der Waals surface area contributed by atoms with Crippen LogP contribution < -0.4 is 0 Å². The maximum absolute atomic E-state index is 12.4. The third-order valence-corrected chi connectivity index (χ3v) is 4.05. The monoisotopic (exact) mass is 231 g/mol.